The molecule has 0 aromatic carbocycles. The molecule has 1 aromatic heterocycles. The number of rotatable bonds is 1. The van der Waals surface area contributed by atoms with Gasteiger partial charge in [0, 0.05) is 26.1 Å². The van der Waals surface area contributed by atoms with Crippen LogP contribution in [0, 0.1) is 5.41 Å². The summed E-state index contributed by atoms with van der Waals surface area (Å²) in [5, 5.41) is 6.66. The monoisotopic (exact) mass is 302 g/mol. The minimum atomic E-state index is -0.708. The van der Waals surface area contributed by atoms with E-state index in [4.69, 9.17) is 0 Å². The van der Waals surface area contributed by atoms with E-state index < -0.39 is 5.41 Å². The molecule has 0 unspecified atom stereocenters. The van der Waals surface area contributed by atoms with Crippen molar-refractivity contribution < 1.29 is 14.4 Å². The third kappa shape index (κ3) is 1.88. The molecule has 4 heterocycles. The third-order valence-corrected chi connectivity index (χ3v) is 5.09. The number of fused-ring (bicyclic) bond motifs is 1. The smallest absolute Gasteiger partial charge is 0.257 e. The first kappa shape index (κ1) is 13.5. The van der Waals surface area contributed by atoms with Gasteiger partial charge in [-0.05, 0) is 25.7 Å². The van der Waals surface area contributed by atoms with Crippen LogP contribution in [0.1, 0.15) is 41.7 Å². The Morgan fingerprint density at radius 3 is 2.91 bits per heavy atom. The molecule has 2 saturated heterocycles. The van der Waals surface area contributed by atoms with Gasteiger partial charge in [-0.15, -0.1) is 0 Å². The van der Waals surface area contributed by atoms with E-state index in [2.05, 4.69) is 10.4 Å². The predicted octanol–water partition coefficient (Wildman–Crippen LogP) is 0.0982. The predicted molar refractivity (Wildman–Crippen MR) is 75.9 cm³/mol. The lowest BCUT2D eigenvalue weighted by molar-refractivity contribution is -0.128. The minimum absolute atomic E-state index is 0.0628. The molecule has 1 aromatic rings. The topological polar surface area (TPSA) is 84.3 Å². The number of nitrogens with one attached hydrogen (secondary N) is 1. The maximum atomic E-state index is 12.8. The molecule has 22 heavy (non-hydrogen) atoms. The molecule has 1 spiro atoms. The Hall–Kier alpha value is -2.18. The van der Waals surface area contributed by atoms with Crippen LogP contribution >= 0.6 is 0 Å². The number of carbonyl (C=O) groups is 3. The van der Waals surface area contributed by atoms with Crippen molar-refractivity contribution in [2.24, 2.45) is 5.41 Å². The van der Waals surface area contributed by atoms with Gasteiger partial charge in [0.15, 0.2) is 0 Å². The van der Waals surface area contributed by atoms with Gasteiger partial charge in [0.2, 0.25) is 11.8 Å². The largest absolute Gasteiger partial charge is 0.337 e. The zero-order valence-electron chi connectivity index (χ0n) is 12.3. The van der Waals surface area contributed by atoms with Gasteiger partial charge < -0.3 is 4.90 Å². The lowest BCUT2D eigenvalue weighted by Crippen LogP contribution is -2.37. The Morgan fingerprint density at radius 2 is 2.14 bits per heavy atom. The van der Waals surface area contributed by atoms with Crippen LogP contribution in [0.3, 0.4) is 0 Å². The zero-order valence-corrected chi connectivity index (χ0v) is 12.3. The molecule has 2 fully saturated rings. The average molecular weight is 302 g/mol. The number of aromatic nitrogens is 2. The summed E-state index contributed by atoms with van der Waals surface area (Å²) in [4.78, 5) is 37.9. The van der Waals surface area contributed by atoms with Crippen LogP contribution in [-0.2, 0) is 22.6 Å². The second-order valence-corrected chi connectivity index (χ2v) is 6.50. The maximum Gasteiger partial charge on any atom is 0.257 e. The minimum Gasteiger partial charge on any atom is -0.337 e. The molecule has 3 amide bonds. The average Bonchev–Trinajstić information content (AvgIpc) is 3.17. The van der Waals surface area contributed by atoms with Crippen molar-refractivity contribution in [1.29, 1.82) is 0 Å². The van der Waals surface area contributed by atoms with Crippen LogP contribution in [0.4, 0.5) is 0 Å². The fourth-order valence-corrected chi connectivity index (χ4v) is 3.84. The van der Waals surface area contributed by atoms with Gasteiger partial charge in [0.25, 0.3) is 5.91 Å². The van der Waals surface area contributed by atoms with Crippen molar-refractivity contribution in [3.8, 4) is 0 Å². The summed E-state index contributed by atoms with van der Waals surface area (Å²) >= 11 is 0. The molecule has 0 saturated carbocycles. The van der Waals surface area contributed by atoms with E-state index in [1.807, 2.05) is 4.68 Å². The number of carbonyl (C=O) groups excluding carboxylic acids is 3. The van der Waals surface area contributed by atoms with Gasteiger partial charge in [0.05, 0.1) is 22.9 Å². The van der Waals surface area contributed by atoms with Gasteiger partial charge in [0.1, 0.15) is 0 Å². The van der Waals surface area contributed by atoms with Crippen LogP contribution < -0.4 is 5.32 Å². The number of hydrogen-bond donors (Lipinski definition) is 1. The summed E-state index contributed by atoms with van der Waals surface area (Å²) < 4.78 is 1.91. The van der Waals surface area contributed by atoms with Crippen molar-refractivity contribution >= 4 is 17.7 Å². The van der Waals surface area contributed by atoms with Crippen molar-refractivity contribution in [3.63, 3.8) is 0 Å². The van der Waals surface area contributed by atoms with E-state index in [0.717, 1.165) is 31.5 Å². The van der Waals surface area contributed by atoms with Gasteiger partial charge in [-0.2, -0.15) is 5.10 Å². The summed E-state index contributed by atoms with van der Waals surface area (Å²) in [6, 6.07) is 0. The molecule has 4 rings (SSSR count). The first-order chi connectivity index (χ1) is 10.6. The molecule has 0 aliphatic carbocycles. The molecule has 7 heteroatoms. The second-order valence-electron chi connectivity index (χ2n) is 6.50. The first-order valence-corrected chi connectivity index (χ1v) is 7.77. The molecule has 7 nitrogen and oxygen atoms in total. The van der Waals surface area contributed by atoms with Gasteiger partial charge in [-0.25, -0.2) is 0 Å². The fourth-order valence-electron chi connectivity index (χ4n) is 3.84. The van der Waals surface area contributed by atoms with Crippen molar-refractivity contribution in [2.45, 2.75) is 38.6 Å². The molecule has 3 aliphatic heterocycles. The molecule has 1 atom stereocenters. The van der Waals surface area contributed by atoms with E-state index in [1.165, 1.54) is 0 Å². The summed E-state index contributed by atoms with van der Waals surface area (Å²) in [5.41, 5.74) is 0.950. The highest BCUT2D eigenvalue weighted by molar-refractivity contribution is 6.07. The second kappa shape index (κ2) is 4.66. The summed E-state index contributed by atoms with van der Waals surface area (Å²) in [5.74, 6) is -0.528. The zero-order chi connectivity index (χ0) is 15.3. The van der Waals surface area contributed by atoms with Crippen LogP contribution in [0.25, 0.3) is 0 Å². The standard InChI is InChI=1S/C15H18N4O3/c20-12-7-15(14(22)17-12)4-6-18(9-15)13(21)10-8-16-19-5-2-1-3-11(10)19/h8H,1-7,9H2,(H,17,20,22)/t15-/m1/s1. The third-order valence-electron chi connectivity index (χ3n) is 5.09. The highest BCUT2D eigenvalue weighted by Crippen LogP contribution is 2.38. The van der Waals surface area contributed by atoms with Gasteiger partial charge >= 0.3 is 0 Å². The van der Waals surface area contributed by atoms with E-state index in [-0.39, 0.29) is 24.1 Å². The summed E-state index contributed by atoms with van der Waals surface area (Å²) in [6.45, 7) is 1.71. The number of hydrogen-bond acceptors (Lipinski definition) is 4. The number of imide groups is 1. The molecular formula is C15H18N4O3. The van der Waals surface area contributed by atoms with Gasteiger partial charge in [-0.1, -0.05) is 0 Å². The highest BCUT2D eigenvalue weighted by atomic mass is 16.2. The van der Waals surface area contributed by atoms with Crippen LogP contribution in [0.2, 0.25) is 0 Å². The molecular weight excluding hydrogens is 284 g/mol. The SMILES string of the molecule is O=C1C[C@@]2(CCN(C(=O)c3cnn4c3CCCC4)C2)C(=O)N1. The molecule has 0 radical (unpaired) electrons. The number of amides is 3. The van der Waals surface area contributed by atoms with E-state index in [9.17, 15) is 14.4 Å². The Kier molecular flexibility index (Phi) is 2.85. The Morgan fingerprint density at radius 1 is 1.27 bits per heavy atom. The molecule has 116 valence electrons. The van der Waals surface area contributed by atoms with Crippen LogP contribution in [-0.4, -0.2) is 45.5 Å². The van der Waals surface area contributed by atoms with Crippen LogP contribution in [0.5, 0.6) is 0 Å². The maximum absolute atomic E-state index is 12.8. The molecule has 3 aliphatic rings. The van der Waals surface area contributed by atoms with Crippen molar-refractivity contribution in [2.75, 3.05) is 13.1 Å². The molecule has 1 N–H and O–H groups in total. The Labute approximate surface area is 127 Å². The quantitative estimate of drug-likeness (QED) is 0.746. The fraction of sp³-hybridized carbons (Fsp3) is 0.600. The van der Waals surface area contributed by atoms with E-state index in [1.54, 1.807) is 11.1 Å². The van der Waals surface area contributed by atoms with Crippen LogP contribution in [0.15, 0.2) is 6.20 Å². The van der Waals surface area contributed by atoms with Crippen molar-refractivity contribution in [3.05, 3.63) is 17.5 Å². The van der Waals surface area contributed by atoms with E-state index in [0.29, 0.717) is 25.1 Å². The first-order valence-electron chi connectivity index (χ1n) is 7.77. The lowest BCUT2D eigenvalue weighted by Gasteiger charge is -2.21. The van der Waals surface area contributed by atoms with Gasteiger partial charge in [-0.3, -0.25) is 24.4 Å². The number of likely N-dealkylation sites (tertiary alicyclic amines) is 1. The summed E-state index contributed by atoms with van der Waals surface area (Å²) in [7, 11) is 0. The normalized spacial score (nSPS) is 27.4. The lowest BCUT2D eigenvalue weighted by atomic mass is 9.85. The number of nitrogens with zero attached hydrogens (tertiary/aromatic N) is 3. The van der Waals surface area contributed by atoms with E-state index >= 15 is 0 Å². The summed E-state index contributed by atoms with van der Waals surface area (Å²) in [6.07, 6.45) is 5.44. The Balaban J connectivity index is 1.56. The highest BCUT2D eigenvalue weighted by Gasteiger charge is 2.52. The Bertz CT molecular complexity index is 680. The number of aryl methyl sites for hydroxylation is 1. The van der Waals surface area contributed by atoms with Crippen molar-refractivity contribution in [1.82, 2.24) is 20.0 Å². The molecule has 0 bridgehead atoms.